The lowest BCUT2D eigenvalue weighted by molar-refractivity contribution is -0.127. The van der Waals surface area contributed by atoms with Crippen LogP contribution in [0.25, 0.3) is 0 Å². The van der Waals surface area contributed by atoms with Crippen molar-refractivity contribution < 1.29 is 9.53 Å². The topological polar surface area (TPSA) is 38.3 Å². The molecule has 0 bridgehead atoms. The van der Waals surface area contributed by atoms with Gasteiger partial charge >= 0.3 is 0 Å². The summed E-state index contributed by atoms with van der Waals surface area (Å²) in [5, 5.41) is 3.35. The van der Waals surface area contributed by atoms with Crippen LogP contribution in [0.2, 0.25) is 5.02 Å². The summed E-state index contributed by atoms with van der Waals surface area (Å²) in [4.78, 5) is 12.0. The Morgan fingerprint density at radius 2 is 1.95 bits per heavy atom. The molecule has 21 heavy (non-hydrogen) atoms. The Labute approximate surface area is 129 Å². The first-order valence-electron chi connectivity index (χ1n) is 6.80. The second kappa shape index (κ2) is 7.14. The fraction of sp³-hybridized carbons (Fsp3) is 0.235. The Hall–Kier alpha value is -2.00. The zero-order chi connectivity index (χ0) is 15.2. The number of rotatable bonds is 5. The molecule has 0 radical (unpaired) electrons. The van der Waals surface area contributed by atoms with Crippen molar-refractivity contribution in [3.05, 3.63) is 64.7 Å². The molecule has 1 atom stereocenters. The molecule has 0 saturated carbocycles. The predicted molar refractivity (Wildman–Crippen MR) is 84.6 cm³/mol. The van der Waals surface area contributed by atoms with E-state index in [9.17, 15) is 4.79 Å². The summed E-state index contributed by atoms with van der Waals surface area (Å²) in [6.45, 7) is 4.14. The molecule has 0 aliphatic rings. The van der Waals surface area contributed by atoms with Gasteiger partial charge in [-0.25, -0.2) is 0 Å². The van der Waals surface area contributed by atoms with Crippen LogP contribution in [0.1, 0.15) is 18.1 Å². The maximum absolute atomic E-state index is 12.0. The van der Waals surface area contributed by atoms with E-state index in [0.29, 0.717) is 17.3 Å². The lowest BCUT2D eigenvalue weighted by Gasteiger charge is -2.16. The van der Waals surface area contributed by atoms with Crippen LogP contribution in [-0.2, 0) is 11.3 Å². The van der Waals surface area contributed by atoms with Gasteiger partial charge in [-0.05, 0) is 37.1 Å². The largest absolute Gasteiger partial charge is 0.479 e. The van der Waals surface area contributed by atoms with E-state index in [1.165, 1.54) is 0 Å². The highest BCUT2D eigenvalue weighted by atomic mass is 35.5. The first-order chi connectivity index (χ1) is 10.1. The van der Waals surface area contributed by atoms with Crippen molar-refractivity contribution in [2.75, 3.05) is 0 Å². The number of hydrogen-bond donors (Lipinski definition) is 1. The number of ether oxygens (including phenoxy) is 1. The van der Waals surface area contributed by atoms with Crippen LogP contribution < -0.4 is 10.1 Å². The van der Waals surface area contributed by atoms with E-state index in [-0.39, 0.29) is 5.91 Å². The standard InChI is InChI=1S/C17H18ClNO2/c1-12-8-9-15(18)16(10-12)21-13(2)17(20)19-11-14-6-4-3-5-7-14/h3-10,13H,11H2,1-2H3,(H,19,20). The van der Waals surface area contributed by atoms with Crippen molar-refractivity contribution in [1.29, 1.82) is 0 Å². The molecule has 1 amide bonds. The van der Waals surface area contributed by atoms with E-state index < -0.39 is 6.10 Å². The smallest absolute Gasteiger partial charge is 0.261 e. The summed E-state index contributed by atoms with van der Waals surface area (Å²) in [5.74, 6) is 0.357. The Morgan fingerprint density at radius 3 is 2.67 bits per heavy atom. The molecule has 2 aromatic carbocycles. The maximum Gasteiger partial charge on any atom is 0.261 e. The minimum Gasteiger partial charge on any atom is -0.479 e. The zero-order valence-electron chi connectivity index (χ0n) is 12.1. The molecule has 2 aromatic rings. The summed E-state index contributed by atoms with van der Waals surface area (Å²) in [6, 6.07) is 15.2. The van der Waals surface area contributed by atoms with Crippen molar-refractivity contribution in [2.24, 2.45) is 0 Å². The van der Waals surface area contributed by atoms with Gasteiger partial charge in [-0.1, -0.05) is 48.0 Å². The lowest BCUT2D eigenvalue weighted by atomic mass is 10.2. The SMILES string of the molecule is Cc1ccc(Cl)c(OC(C)C(=O)NCc2ccccc2)c1. The molecule has 0 aliphatic carbocycles. The number of hydrogen-bond acceptors (Lipinski definition) is 2. The fourth-order valence-corrected chi connectivity index (χ4v) is 2.04. The van der Waals surface area contributed by atoms with Gasteiger partial charge in [0.2, 0.25) is 0 Å². The number of halogens is 1. The summed E-state index contributed by atoms with van der Waals surface area (Å²) in [5.41, 5.74) is 2.08. The summed E-state index contributed by atoms with van der Waals surface area (Å²) in [7, 11) is 0. The molecule has 0 aliphatic heterocycles. The molecule has 1 N–H and O–H groups in total. The highest BCUT2D eigenvalue weighted by molar-refractivity contribution is 6.32. The van der Waals surface area contributed by atoms with Gasteiger partial charge in [0.25, 0.3) is 5.91 Å². The normalized spacial score (nSPS) is 11.8. The minimum atomic E-state index is -0.604. The Balaban J connectivity index is 1.92. The molecule has 0 aromatic heterocycles. The molecule has 1 unspecified atom stereocenters. The van der Waals surface area contributed by atoms with Gasteiger partial charge in [0.05, 0.1) is 5.02 Å². The number of benzene rings is 2. The predicted octanol–water partition coefficient (Wildman–Crippen LogP) is 3.73. The van der Waals surface area contributed by atoms with Gasteiger partial charge in [-0.15, -0.1) is 0 Å². The van der Waals surface area contributed by atoms with Gasteiger partial charge in [0.1, 0.15) is 5.75 Å². The third-order valence-electron chi connectivity index (χ3n) is 3.07. The molecule has 2 rings (SSSR count). The van der Waals surface area contributed by atoms with E-state index >= 15 is 0 Å². The molecule has 0 heterocycles. The molecule has 3 nitrogen and oxygen atoms in total. The van der Waals surface area contributed by atoms with E-state index in [1.54, 1.807) is 13.0 Å². The Kier molecular flexibility index (Phi) is 5.23. The average Bonchev–Trinajstić information content (AvgIpc) is 2.49. The first-order valence-corrected chi connectivity index (χ1v) is 7.18. The molecule has 0 saturated heterocycles. The highest BCUT2D eigenvalue weighted by Gasteiger charge is 2.15. The second-order valence-corrected chi connectivity index (χ2v) is 5.30. The van der Waals surface area contributed by atoms with Crippen molar-refractivity contribution in [2.45, 2.75) is 26.5 Å². The van der Waals surface area contributed by atoms with Crippen LogP contribution in [0.3, 0.4) is 0 Å². The van der Waals surface area contributed by atoms with Crippen LogP contribution in [-0.4, -0.2) is 12.0 Å². The van der Waals surface area contributed by atoms with E-state index in [0.717, 1.165) is 11.1 Å². The molecular weight excluding hydrogens is 286 g/mol. The summed E-state index contributed by atoms with van der Waals surface area (Å²) >= 11 is 6.06. The third kappa shape index (κ3) is 4.50. The molecule has 110 valence electrons. The van der Waals surface area contributed by atoms with Crippen LogP contribution in [0.15, 0.2) is 48.5 Å². The summed E-state index contributed by atoms with van der Waals surface area (Å²) < 4.78 is 5.63. The second-order valence-electron chi connectivity index (χ2n) is 4.90. The van der Waals surface area contributed by atoms with Gasteiger partial charge in [-0.2, -0.15) is 0 Å². The van der Waals surface area contributed by atoms with Crippen LogP contribution in [0.4, 0.5) is 0 Å². The van der Waals surface area contributed by atoms with E-state index in [4.69, 9.17) is 16.3 Å². The van der Waals surface area contributed by atoms with Crippen molar-refractivity contribution >= 4 is 17.5 Å². The van der Waals surface area contributed by atoms with Crippen molar-refractivity contribution in [1.82, 2.24) is 5.32 Å². The molecular formula is C17H18ClNO2. The number of nitrogens with one attached hydrogen (secondary N) is 1. The molecule has 0 fully saturated rings. The minimum absolute atomic E-state index is 0.170. The number of carbonyl (C=O) groups excluding carboxylic acids is 1. The van der Waals surface area contributed by atoms with Crippen LogP contribution in [0.5, 0.6) is 5.75 Å². The zero-order valence-corrected chi connectivity index (χ0v) is 12.9. The average molecular weight is 304 g/mol. The number of aryl methyl sites for hydroxylation is 1. The van der Waals surface area contributed by atoms with Crippen LogP contribution in [0, 0.1) is 6.92 Å². The van der Waals surface area contributed by atoms with Gasteiger partial charge < -0.3 is 10.1 Å². The van der Waals surface area contributed by atoms with E-state index in [2.05, 4.69) is 5.32 Å². The van der Waals surface area contributed by atoms with Gasteiger partial charge in [0.15, 0.2) is 6.10 Å². The monoisotopic (exact) mass is 303 g/mol. The van der Waals surface area contributed by atoms with Crippen molar-refractivity contribution in [3.63, 3.8) is 0 Å². The Morgan fingerprint density at radius 1 is 1.24 bits per heavy atom. The third-order valence-corrected chi connectivity index (χ3v) is 3.38. The summed E-state index contributed by atoms with van der Waals surface area (Å²) in [6.07, 6.45) is -0.604. The highest BCUT2D eigenvalue weighted by Crippen LogP contribution is 2.26. The maximum atomic E-state index is 12.0. The van der Waals surface area contributed by atoms with Gasteiger partial charge in [-0.3, -0.25) is 4.79 Å². The molecule has 4 heteroatoms. The quantitative estimate of drug-likeness (QED) is 0.914. The first kappa shape index (κ1) is 15.4. The fourth-order valence-electron chi connectivity index (χ4n) is 1.87. The lowest BCUT2D eigenvalue weighted by Crippen LogP contribution is -2.35. The van der Waals surface area contributed by atoms with Crippen LogP contribution >= 0.6 is 11.6 Å². The van der Waals surface area contributed by atoms with Crippen molar-refractivity contribution in [3.8, 4) is 5.75 Å². The number of carbonyl (C=O) groups is 1. The molecule has 0 spiro atoms. The van der Waals surface area contributed by atoms with Gasteiger partial charge in [0, 0.05) is 6.54 Å². The Bertz CT molecular complexity index is 613. The number of amides is 1. The van der Waals surface area contributed by atoms with E-state index in [1.807, 2.05) is 49.4 Å².